The first-order chi connectivity index (χ1) is 20.5. The summed E-state index contributed by atoms with van der Waals surface area (Å²) >= 11 is 1.20. The molecule has 0 spiro atoms. The fourth-order valence-corrected chi connectivity index (χ4v) is 6.36. The average Bonchev–Trinajstić information content (AvgIpc) is 3.56. The van der Waals surface area contributed by atoms with Gasteiger partial charge in [0.05, 0.1) is 30.1 Å². The summed E-state index contributed by atoms with van der Waals surface area (Å²) in [4.78, 5) is 36.4. The number of anilines is 3. The van der Waals surface area contributed by atoms with Crippen molar-refractivity contribution in [3.8, 4) is 0 Å². The van der Waals surface area contributed by atoms with E-state index in [2.05, 4.69) is 27.1 Å². The summed E-state index contributed by atoms with van der Waals surface area (Å²) in [5, 5.41) is 3.69. The van der Waals surface area contributed by atoms with Crippen molar-refractivity contribution in [3.63, 3.8) is 0 Å². The van der Waals surface area contributed by atoms with Crippen LogP contribution in [0.1, 0.15) is 54.5 Å². The first kappa shape index (κ1) is 32.3. The third-order valence-electron chi connectivity index (χ3n) is 7.20. The molecule has 0 atom stereocenters. The molecule has 12 nitrogen and oxygen atoms in total. The molecule has 1 aliphatic heterocycles. The molecule has 0 unspecified atom stereocenters. The Bertz CT molecular complexity index is 1660. The highest BCUT2D eigenvalue weighted by Gasteiger charge is 2.26. The number of carbonyl (C=O) groups excluding carboxylic acids is 1. The third-order valence-corrected chi connectivity index (χ3v) is 9.38. The van der Waals surface area contributed by atoms with Crippen LogP contribution in [0, 0.1) is 6.92 Å². The van der Waals surface area contributed by atoms with Gasteiger partial charge in [-0.05, 0) is 64.5 Å². The van der Waals surface area contributed by atoms with Crippen molar-refractivity contribution in [2.45, 2.75) is 58.0 Å². The van der Waals surface area contributed by atoms with Gasteiger partial charge in [0.2, 0.25) is 5.95 Å². The van der Waals surface area contributed by atoms with Gasteiger partial charge in [-0.1, -0.05) is 37.3 Å². The molecule has 4 heterocycles. The second-order valence-electron chi connectivity index (χ2n) is 10.3. The highest BCUT2D eigenvalue weighted by atomic mass is 32.2. The van der Waals surface area contributed by atoms with E-state index in [1.165, 1.54) is 17.6 Å². The fraction of sp³-hybridized carbons (Fsp3) is 0.483. The zero-order chi connectivity index (χ0) is 31.3. The molecule has 1 saturated heterocycles. The number of fused-ring (bicyclic) bond motifs is 1. The van der Waals surface area contributed by atoms with Gasteiger partial charge >= 0.3 is 5.97 Å². The number of carbonyl (C=O) groups is 1. The minimum atomic E-state index is -3.28. The molecular weight excluding hydrogens is 589 g/mol. The number of ether oxygens (including phenoxy) is 1. The largest absolute Gasteiger partial charge is 0.462 e. The molecule has 1 fully saturated rings. The van der Waals surface area contributed by atoms with Gasteiger partial charge in [-0.2, -0.15) is 9.97 Å². The lowest BCUT2D eigenvalue weighted by atomic mass is 10.0. The number of nitrogens with zero attached hydrogens (tertiary/aromatic N) is 7. The second-order valence-corrected chi connectivity index (χ2v) is 13.3. The molecule has 14 heteroatoms. The molecule has 3 aromatic heterocycles. The third kappa shape index (κ3) is 7.48. The van der Waals surface area contributed by atoms with Crippen molar-refractivity contribution in [1.82, 2.24) is 29.4 Å². The maximum absolute atomic E-state index is 12.3. The summed E-state index contributed by atoms with van der Waals surface area (Å²) in [6.07, 6.45) is 4.93. The Balaban J connectivity index is 0.00000207. The number of imidazole rings is 1. The fourth-order valence-electron chi connectivity index (χ4n) is 4.87. The van der Waals surface area contributed by atoms with Gasteiger partial charge in [-0.3, -0.25) is 5.32 Å². The smallest absolute Gasteiger partial charge is 0.350 e. The Labute approximate surface area is 257 Å². The van der Waals surface area contributed by atoms with Crippen molar-refractivity contribution >= 4 is 55.2 Å². The SMILES string of the molecule is CC.CCOC(=O)c1sc(Nc2nc(N(C)C3CCN(C)CC3)c3ncn(Cc4ccc(S(C)(=O)=O)cc4)c3n2)nc1C. The standard InChI is InChI=1S/C27H34N8O4S2.C2H6/c1-6-39-25(36)22-17(2)29-27(40-22)32-26-30-23(34(4)19-11-13-33(3)14-12-19)21-24(31-26)35(16-28-21)15-18-7-9-20(10-8-18)41(5,37)38;1-2/h7-10,16,19H,6,11-15H2,1-5H3,(H,29,30,31,32);1-2H3. The Morgan fingerprint density at radius 2 is 1.81 bits per heavy atom. The quantitative estimate of drug-likeness (QED) is 0.262. The molecule has 43 heavy (non-hydrogen) atoms. The lowest BCUT2D eigenvalue weighted by Crippen LogP contribution is -2.42. The van der Waals surface area contributed by atoms with Crippen LogP contribution < -0.4 is 10.2 Å². The lowest BCUT2D eigenvalue weighted by molar-refractivity contribution is 0.0531. The molecule has 0 aliphatic carbocycles. The molecule has 4 aromatic rings. The van der Waals surface area contributed by atoms with E-state index in [4.69, 9.17) is 19.7 Å². The summed E-state index contributed by atoms with van der Waals surface area (Å²) in [6.45, 7) is 10.3. The van der Waals surface area contributed by atoms with Crippen molar-refractivity contribution in [3.05, 3.63) is 46.7 Å². The number of nitrogens with one attached hydrogen (secondary N) is 1. The monoisotopic (exact) mass is 628 g/mol. The molecule has 0 amide bonds. The van der Waals surface area contributed by atoms with Crippen LogP contribution >= 0.6 is 11.3 Å². The van der Waals surface area contributed by atoms with Crippen molar-refractivity contribution in [2.24, 2.45) is 0 Å². The van der Waals surface area contributed by atoms with E-state index < -0.39 is 15.8 Å². The summed E-state index contributed by atoms with van der Waals surface area (Å²) in [5.41, 5.74) is 2.78. The lowest BCUT2D eigenvalue weighted by Gasteiger charge is -2.35. The summed E-state index contributed by atoms with van der Waals surface area (Å²) in [6, 6.07) is 7.10. The number of sulfone groups is 1. The van der Waals surface area contributed by atoms with Crippen LogP contribution in [-0.2, 0) is 21.1 Å². The van der Waals surface area contributed by atoms with E-state index in [0.717, 1.165) is 31.5 Å². The highest BCUT2D eigenvalue weighted by molar-refractivity contribution is 7.90. The maximum atomic E-state index is 12.3. The predicted octanol–water partition coefficient (Wildman–Crippen LogP) is 4.52. The highest BCUT2D eigenvalue weighted by Crippen LogP contribution is 2.31. The van der Waals surface area contributed by atoms with Crippen molar-refractivity contribution < 1.29 is 17.9 Å². The van der Waals surface area contributed by atoms with Crippen LogP contribution in [0.15, 0.2) is 35.5 Å². The molecule has 0 radical (unpaired) electrons. The number of hydrogen-bond donors (Lipinski definition) is 1. The van der Waals surface area contributed by atoms with E-state index in [9.17, 15) is 13.2 Å². The van der Waals surface area contributed by atoms with Gasteiger partial charge in [0, 0.05) is 19.3 Å². The van der Waals surface area contributed by atoms with E-state index in [1.54, 1.807) is 44.4 Å². The second kappa shape index (κ2) is 13.8. The van der Waals surface area contributed by atoms with Gasteiger partial charge < -0.3 is 19.1 Å². The van der Waals surface area contributed by atoms with Gasteiger partial charge in [-0.25, -0.2) is 23.2 Å². The van der Waals surface area contributed by atoms with Crippen LogP contribution in [0.5, 0.6) is 0 Å². The Morgan fingerprint density at radius 1 is 1.14 bits per heavy atom. The number of benzene rings is 1. The molecule has 5 rings (SSSR count). The summed E-state index contributed by atoms with van der Waals surface area (Å²) in [5.74, 6) is 0.636. The van der Waals surface area contributed by atoms with Gasteiger partial charge in [-0.15, -0.1) is 0 Å². The Morgan fingerprint density at radius 3 is 2.44 bits per heavy atom. The molecule has 0 bridgehead atoms. The van der Waals surface area contributed by atoms with Gasteiger partial charge in [0.25, 0.3) is 0 Å². The van der Waals surface area contributed by atoms with Gasteiger partial charge in [0.15, 0.2) is 32.0 Å². The van der Waals surface area contributed by atoms with E-state index in [-0.39, 0.29) is 11.5 Å². The Hall–Kier alpha value is -3.62. The van der Waals surface area contributed by atoms with E-state index >= 15 is 0 Å². The number of aromatic nitrogens is 5. The van der Waals surface area contributed by atoms with E-state index in [1.807, 2.05) is 25.5 Å². The zero-order valence-corrected chi connectivity index (χ0v) is 27.4. The topological polar surface area (TPSA) is 135 Å². The van der Waals surface area contributed by atoms with Crippen LogP contribution in [0.3, 0.4) is 0 Å². The number of thiazole rings is 1. The molecule has 1 aliphatic rings. The molecular formula is C29H40N8O4S2. The molecule has 1 N–H and O–H groups in total. The predicted molar refractivity (Wildman–Crippen MR) is 170 cm³/mol. The Kier molecular flexibility index (Phi) is 10.4. The molecule has 1 aromatic carbocycles. The van der Waals surface area contributed by atoms with Crippen LogP contribution in [0.25, 0.3) is 11.2 Å². The van der Waals surface area contributed by atoms with E-state index in [0.29, 0.717) is 51.2 Å². The number of likely N-dealkylation sites (tertiary alicyclic amines) is 1. The number of hydrogen-bond acceptors (Lipinski definition) is 12. The number of piperidine rings is 1. The van der Waals surface area contributed by atoms with Gasteiger partial charge in [0.1, 0.15) is 4.88 Å². The summed E-state index contributed by atoms with van der Waals surface area (Å²) < 4.78 is 30.9. The molecule has 232 valence electrons. The average molecular weight is 629 g/mol. The van der Waals surface area contributed by atoms with Crippen LogP contribution in [0.2, 0.25) is 0 Å². The van der Waals surface area contributed by atoms with Crippen LogP contribution in [0.4, 0.5) is 16.9 Å². The molecule has 0 saturated carbocycles. The number of esters is 1. The van der Waals surface area contributed by atoms with Crippen molar-refractivity contribution in [2.75, 3.05) is 50.3 Å². The van der Waals surface area contributed by atoms with Crippen molar-refractivity contribution in [1.29, 1.82) is 0 Å². The maximum Gasteiger partial charge on any atom is 0.350 e. The normalized spacial score (nSPS) is 14.3. The number of aryl methyl sites for hydroxylation is 1. The first-order valence-corrected chi connectivity index (χ1v) is 17.1. The zero-order valence-electron chi connectivity index (χ0n) is 25.8. The van der Waals surface area contributed by atoms with Crippen LogP contribution in [-0.4, -0.2) is 89.9 Å². The minimum Gasteiger partial charge on any atom is -0.462 e. The summed E-state index contributed by atoms with van der Waals surface area (Å²) in [7, 11) is 0.888. The number of rotatable bonds is 9. The first-order valence-electron chi connectivity index (χ1n) is 14.4. The minimum absolute atomic E-state index is 0.272.